The molecule has 3 aromatic rings. The Balaban J connectivity index is 1.43. The van der Waals surface area contributed by atoms with Crippen LogP contribution in [0.25, 0.3) is 11.2 Å². The molecule has 0 unspecified atom stereocenters. The minimum Gasteiger partial charge on any atom is -0.354 e. The van der Waals surface area contributed by atoms with Crippen LogP contribution in [0.4, 0.5) is 5.82 Å². The van der Waals surface area contributed by atoms with Gasteiger partial charge in [0.2, 0.25) is 0 Å². The lowest BCUT2D eigenvalue weighted by Crippen LogP contribution is -2.46. The van der Waals surface area contributed by atoms with Crippen LogP contribution in [-0.4, -0.2) is 55.8 Å². The number of rotatable bonds is 3. The molecule has 0 saturated carbocycles. The number of hydrogen-bond acceptors (Lipinski definition) is 6. The van der Waals surface area contributed by atoms with Gasteiger partial charge in [0.25, 0.3) is 0 Å². The Kier molecular flexibility index (Phi) is 4.09. The molecule has 1 aliphatic rings. The van der Waals surface area contributed by atoms with Crippen LogP contribution in [0.3, 0.4) is 0 Å². The van der Waals surface area contributed by atoms with Crippen molar-refractivity contribution in [1.29, 1.82) is 0 Å². The molecule has 4 heterocycles. The molecule has 0 amide bonds. The fourth-order valence-corrected chi connectivity index (χ4v) is 3.43. The molecule has 0 aromatic carbocycles. The van der Waals surface area contributed by atoms with Crippen molar-refractivity contribution in [3.8, 4) is 0 Å². The van der Waals surface area contributed by atoms with Crippen molar-refractivity contribution in [3.05, 3.63) is 41.5 Å². The van der Waals surface area contributed by atoms with Crippen LogP contribution in [0.15, 0.2) is 24.5 Å². The lowest BCUT2D eigenvalue weighted by atomic mass is 10.1. The smallest absolute Gasteiger partial charge is 0.180 e. The van der Waals surface area contributed by atoms with E-state index in [1.165, 1.54) is 11.3 Å². The number of pyridine rings is 1. The Morgan fingerprint density at radius 1 is 1.00 bits per heavy atom. The predicted octanol–water partition coefficient (Wildman–Crippen LogP) is 1.70. The van der Waals surface area contributed by atoms with Crippen LogP contribution in [0, 0.1) is 13.8 Å². The number of nitrogens with zero attached hydrogens (tertiary/aromatic N) is 7. The van der Waals surface area contributed by atoms with Crippen molar-refractivity contribution < 1.29 is 0 Å². The second kappa shape index (κ2) is 6.40. The second-order valence-electron chi connectivity index (χ2n) is 6.60. The molecular formula is C18H23N7. The number of aryl methyl sites for hydroxylation is 2. The molecule has 25 heavy (non-hydrogen) atoms. The maximum Gasteiger partial charge on any atom is 0.180 e. The summed E-state index contributed by atoms with van der Waals surface area (Å²) in [5.41, 5.74) is 5.30. The molecule has 1 fully saturated rings. The molecule has 0 spiro atoms. The Hall–Kier alpha value is -2.54. The van der Waals surface area contributed by atoms with E-state index < -0.39 is 0 Å². The summed E-state index contributed by atoms with van der Waals surface area (Å²) in [6.45, 7) is 9.19. The summed E-state index contributed by atoms with van der Waals surface area (Å²) < 4.78 is 1.97. The Labute approximate surface area is 147 Å². The van der Waals surface area contributed by atoms with Gasteiger partial charge in [-0.1, -0.05) is 0 Å². The molecule has 7 nitrogen and oxygen atoms in total. The number of hydrogen-bond donors (Lipinski definition) is 0. The summed E-state index contributed by atoms with van der Waals surface area (Å²) >= 11 is 0. The van der Waals surface area contributed by atoms with E-state index in [2.05, 4.69) is 43.7 Å². The van der Waals surface area contributed by atoms with Gasteiger partial charge in [-0.2, -0.15) is 5.10 Å². The van der Waals surface area contributed by atoms with Gasteiger partial charge in [-0.05, 0) is 26.0 Å². The second-order valence-corrected chi connectivity index (χ2v) is 6.60. The highest BCUT2D eigenvalue weighted by Crippen LogP contribution is 2.19. The van der Waals surface area contributed by atoms with Crippen molar-refractivity contribution >= 4 is 17.0 Å². The number of fused-ring (bicyclic) bond motifs is 1. The molecule has 4 rings (SSSR count). The molecule has 7 heteroatoms. The van der Waals surface area contributed by atoms with Crippen molar-refractivity contribution in [1.82, 2.24) is 29.6 Å². The largest absolute Gasteiger partial charge is 0.354 e. The van der Waals surface area contributed by atoms with Crippen molar-refractivity contribution in [2.45, 2.75) is 20.4 Å². The minimum absolute atomic E-state index is 0.712. The van der Waals surface area contributed by atoms with E-state index in [1.54, 1.807) is 12.4 Å². The SMILES string of the molecule is Cc1nn(C)c(C)c1CN1CCN(c2ccc3nccnc3n2)CC1. The van der Waals surface area contributed by atoms with Crippen LogP contribution in [-0.2, 0) is 13.6 Å². The van der Waals surface area contributed by atoms with E-state index in [4.69, 9.17) is 0 Å². The summed E-state index contributed by atoms with van der Waals surface area (Å²) in [6.07, 6.45) is 3.39. The van der Waals surface area contributed by atoms with Crippen LogP contribution in [0.2, 0.25) is 0 Å². The molecule has 0 radical (unpaired) electrons. The summed E-state index contributed by atoms with van der Waals surface area (Å²) in [4.78, 5) is 18.1. The lowest BCUT2D eigenvalue weighted by molar-refractivity contribution is 0.248. The van der Waals surface area contributed by atoms with Gasteiger partial charge in [-0.15, -0.1) is 0 Å². The Bertz CT molecular complexity index is 894. The summed E-state index contributed by atoms with van der Waals surface area (Å²) in [7, 11) is 2.01. The van der Waals surface area contributed by atoms with Crippen molar-refractivity contribution in [3.63, 3.8) is 0 Å². The normalized spacial score (nSPS) is 15.9. The molecule has 3 aromatic heterocycles. The van der Waals surface area contributed by atoms with E-state index in [1.807, 2.05) is 23.9 Å². The van der Waals surface area contributed by atoms with Crippen LogP contribution in [0.5, 0.6) is 0 Å². The monoisotopic (exact) mass is 337 g/mol. The molecule has 130 valence electrons. The van der Waals surface area contributed by atoms with E-state index in [9.17, 15) is 0 Å². The first kappa shape index (κ1) is 16.0. The molecule has 0 bridgehead atoms. The number of piperazine rings is 1. The maximum absolute atomic E-state index is 4.66. The quantitative estimate of drug-likeness (QED) is 0.725. The highest BCUT2D eigenvalue weighted by Gasteiger charge is 2.20. The van der Waals surface area contributed by atoms with E-state index in [0.717, 1.165) is 49.8 Å². The maximum atomic E-state index is 4.66. The van der Waals surface area contributed by atoms with Gasteiger partial charge in [0.05, 0.1) is 5.69 Å². The topological polar surface area (TPSA) is 63.0 Å². The van der Waals surface area contributed by atoms with E-state index in [0.29, 0.717) is 5.65 Å². The zero-order chi connectivity index (χ0) is 17.4. The fourth-order valence-electron chi connectivity index (χ4n) is 3.43. The van der Waals surface area contributed by atoms with E-state index >= 15 is 0 Å². The Morgan fingerprint density at radius 3 is 2.48 bits per heavy atom. The van der Waals surface area contributed by atoms with Gasteiger partial charge in [0.15, 0.2) is 5.65 Å². The van der Waals surface area contributed by atoms with Crippen molar-refractivity contribution in [2.24, 2.45) is 7.05 Å². The molecule has 1 aliphatic heterocycles. The van der Waals surface area contributed by atoms with Gasteiger partial charge in [-0.25, -0.2) is 9.97 Å². The van der Waals surface area contributed by atoms with E-state index in [-0.39, 0.29) is 0 Å². The zero-order valence-electron chi connectivity index (χ0n) is 15.0. The molecule has 0 N–H and O–H groups in total. The van der Waals surface area contributed by atoms with Gasteiger partial charge in [-0.3, -0.25) is 14.6 Å². The first-order chi connectivity index (χ1) is 12.1. The van der Waals surface area contributed by atoms with Crippen LogP contribution >= 0.6 is 0 Å². The lowest BCUT2D eigenvalue weighted by Gasteiger charge is -2.35. The van der Waals surface area contributed by atoms with Gasteiger partial charge >= 0.3 is 0 Å². The Morgan fingerprint density at radius 2 is 1.76 bits per heavy atom. The average Bonchev–Trinajstić information content (AvgIpc) is 2.88. The van der Waals surface area contributed by atoms with Gasteiger partial charge in [0.1, 0.15) is 11.3 Å². The number of aromatic nitrogens is 5. The van der Waals surface area contributed by atoms with Crippen LogP contribution in [0.1, 0.15) is 17.0 Å². The first-order valence-corrected chi connectivity index (χ1v) is 8.66. The molecular weight excluding hydrogens is 314 g/mol. The van der Waals surface area contributed by atoms with Gasteiger partial charge in [0, 0.05) is 63.4 Å². The standard InChI is InChI=1S/C18H23N7/c1-13-15(14(2)23(3)22-13)12-24-8-10-25(11-9-24)17-5-4-16-18(21-17)20-7-6-19-16/h4-7H,8-12H2,1-3H3. The van der Waals surface area contributed by atoms with Gasteiger partial charge < -0.3 is 4.90 Å². The predicted molar refractivity (Wildman–Crippen MR) is 97.5 cm³/mol. The van der Waals surface area contributed by atoms with Crippen molar-refractivity contribution in [2.75, 3.05) is 31.1 Å². The highest BCUT2D eigenvalue weighted by atomic mass is 15.3. The third-order valence-electron chi connectivity index (χ3n) is 5.05. The summed E-state index contributed by atoms with van der Waals surface area (Å²) in [5.74, 6) is 0.987. The minimum atomic E-state index is 0.712. The van der Waals surface area contributed by atoms with Crippen LogP contribution < -0.4 is 4.90 Å². The average molecular weight is 337 g/mol. The molecule has 0 atom stereocenters. The highest BCUT2D eigenvalue weighted by molar-refractivity contribution is 5.71. The third kappa shape index (κ3) is 3.07. The molecule has 0 aliphatic carbocycles. The third-order valence-corrected chi connectivity index (χ3v) is 5.05. The molecule has 1 saturated heterocycles. The first-order valence-electron chi connectivity index (χ1n) is 8.66. The number of anilines is 1. The fraction of sp³-hybridized carbons (Fsp3) is 0.444. The summed E-state index contributed by atoms with van der Waals surface area (Å²) in [6, 6.07) is 4.04. The summed E-state index contributed by atoms with van der Waals surface area (Å²) in [5, 5.41) is 4.52. The zero-order valence-corrected chi connectivity index (χ0v) is 15.0.